The molecule has 0 heterocycles. The molecule has 0 atom stereocenters. The Labute approximate surface area is 121 Å². The molecule has 2 aromatic rings. The molecule has 2 aromatic carbocycles. The molecule has 0 saturated carbocycles. The first-order valence-electron chi connectivity index (χ1n) is 7.33. The lowest BCUT2D eigenvalue weighted by Crippen LogP contribution is -2.07. The predicted molar refractivity (Wildman–Crippen MR) is 85.0 cm³/mol. The molecule has 0 saturated heterocycles. The first-order chi connectivity index (χ1) is 9.90. The zero-order valence-corrected chi connectivity index (χ0v) is 12.1. The second kappa shape index (κ2) is 8.39. The van der Waals surface area contributed by atoms with Crippen LogP contribution in [0.15, 0.2) is 54.6 Å². The summed E-state index contributed by atoms with van der Waals surface area (Å²) in [6.07, 6.45) is 2.08. The van der Waals surface area contributed by atoms with E-state index in [9.17, 15) is 0 Å². The Balaban J connectivity index is 1.62. The lowest BCUT2D eigenvalue weighted by Gasteiger charge is -2.10. The van der Waals surface area contributed by atoms with Gasteiger partial charge in [-0.1, -0.05) is 55.5 Å². The summed E-state index contributed by atoms with van der Waals surface area (Å²) in [7, 11) is 0. The summed E-state index contributed by atoms with van der Waals surface area (Å²) >= 11 is 0. The third kappa shape index (κ3) is 4.71. The Bertz CT molecular complexity index is 496. The smallest absolute Gasteiger partial charge is 0.0716 e. The number of aryl methyl sites for hydroxylation is 1. The second-order valence-electron chi connectivity index (χ2n) is 4.83. The van der Waals surface area contributed by atoms with Gasteiger partial charge < -0.3 is 10.1 Å². The van der Waals surface area contributed by atoms with Crippen LogP contribution >= 0.6 is 0 Å². The van der Waals surface area contributed by atoms with Crippen LogP contribution < -0.4 is 5.32 Å². The molecule has 2 rings (SSSR count). The molecule has 2 heteroatoms. The van der Waals surface area contributed by atoms with Crippen molar-refractivity contribution in [1.82, 2.24) is 0 Å². The van der Waals surface area contributed by atoms with Gasteiger partial charge in [-0.25, -0.2) is 0 Å². The van der Waals surface area contributed by atoms with E-state index in [1.54, 1.807) is 0 Å². The molecule has 20 heavy (non-hydrogen) atoms. The van der Waals surface area contributed by atoms with Crippen LogP contribution in [0.3, 0.4) is 0 Å². The molecule has 2 nitrogen and oxygen atoms in total. The Morgan fingerprint density at radius 2 is 1.70 bits per heavy atom. The monoisotopic (exact) mass is 269 g/mol. The van der Waals surface area contributed by atoms with E-state index < -0.39 is 0 Å². The average Bonchev–Trinajstić information content (AvgIpc) is 2.52. The highest BCUT2D eigenvalue weighted by Gasteiger charge is 1.98. The van der Waals surface area contributed by atoms with Crippen LogP contribution in [0.25, 0.3) is 0 Å². The molecule has 0 aliphatic rings. The molecule has 0 aliphatic carbocycles. The van der Waals surface area contributed by atoms with Crippen molar-refractivity contribution in [2.75, 3.05) is 18.5 Å². The number of rotatable bonds is 8. The van der Waals surface area contributed by atoms with Gasteiger partial charge in [0.25, 0.3) is 0 Å². The number of nitrogens with one attached hydrogen (secondary N) is 1. The molecule has 0 aromatic heterocycles. The maximum Gasteiger partial charge on any atom is 0.0716 e. The summed E-state index contributed by atoms with van der Waals surface area (Å²) in [5.74, 6) is 0. The van der Waals surface area contributed by atoms with Crippen molar-refractivity contribution in [3.63, 3.8) is 0 Å². The van der Waals surface area contributed by atoms with E-state index in [1.165, 1.54) is 16.8 Å². The molecule has 0 radical (unpaired) electrons. The van der Waals surface area contributed by atoms with Crippen LogP contribution in [-0.4, -0.2) is 13.2 Å². The zero-order valence-electron chi connectivity index (χ0n) is 12.1. The molecule has 0 unspecified atom stereocenters. The SMILES string of the molecule is CCc1ccccc1NCCCOCc1ccccc1. The molecule has 106 valence electrons. The van der Waals surface area contributed by atoms with Crippen LogP contribution in [-0.2, 0) is 17.8 Å². The fraction of sp³-hybridized carbons (Fsp3) is 0.333. The minimum Gasteiger partial charge on any atom is -0.385 e. The summed E-state index contributed by atoms with van der Waals surface area (Å²) in [5, 5.41) is 3.48. The number of ether oxygens (including phenoxy) is 1. The van der Waals surface area contributed by atoms with E-state index in [1.807, 2.05) is 18.2 Å². The van der Waals surface area contributed by atoms with Gasteiger partial charge in [0.1, 0.15) is 0 Å². The summed E-state index contributed by atoms with van der Waals surface area (Å²) < 4.78 is 5.67. The molecule has 0 fully saturated rings. The van der Waals surface area contributed by atoms with Gasteiger partial charge in [0, 0.05) is 18.8 Å². The highest BCUT2D eigenvalue weighted by molar-refractivity contribution is 5.50. The third-order valence-corrected chi connectivity index (χ3v) is 3.29. The van der Waals surface area contributed by atoms with E-state index in [-0.39, 0.29) is 0 Å². The molecule has 1 N–H and O–H groups in total. The predicted octanol–water partition coefficient (Wildman–Crippen LogP) is 4.27. The minimum atomic E-state index is 0.701. The molecule has 0 amide bonds. The van der Waals surface area contributed by atoms with Crippen LogP contribution in [0.2, 0.25) is 0 Å². The summed E-state index contributed by atoms with van der Waals surface area (Å²) in [4.78, 5) is 0. The molecule has 0 spiro atoms. The van der Waals surface area contributed by atoms with Gasteiger partial charge in [-0.3, -0.25) is 0 Å². The number of benzene rings is 2. The Morgan fingerprint density at radius 3 is 2.50 bits per heavy atom. The van der Waals surface area contributed by atoms with Gasteiger partial charge in [0.05, 0.1) is 6.61 Å². The first-order valence-corrected chi connectivity index (χ1v) is 7.33. The topological polar surface area (TPSA) is 21.3 Å². The maximum atomic E-state index is 5.67. The normalized spacial score (nSPS) is 10.4. The van der Waals surface area contributed by atoms with E-state index in [0.29, 0.717) is 6.61 Å². The third-order valence-electron chi connectivity index (χ3n) is 3.29. The van der Waals surface area contributed by atoms with Crippen molar-refractivity contribution in [2.24, 2.45) is 0 Å². The number of hydrogen-bond donors (Lipinski definition) is 1. The molecular formula is C18H23NO. The Hall–Kier alpha value is -1.80. The van der Waals surface area contributed by atoms with E-state index >= 15 is 0 Å². The lowest BCUT2D eigenvalue weighted by molar-refractivity contribution is 0.120. The second-order valence-corrected chi connectivity index (χ2v) is 4.83. The van der Waals surface area contributed by atoms with Gasteiger partial charge in [0.2, 0.25) is 0 Å². The van der Waals surface area contributed by atoms with E-state index in [2.05, 4.69) is 48.6 Å². The summed E-state index contributed by atoms with van der Waals surface area (Å²) in [6.45, 7) is 4.62. The van der Waals surface area contributed by atoms with Crippen LogP contribution in [0.1, 0.15) is 24.5 Å². The van der Waals surface area contributed by atoms with Gasteiger partial charge in [0.15, 0.2) is 0 Å². The van der Waals surface area contributed by atoms with Crippen molar-refractivity contribution < 1.29 is 4.74 Å². The Kier molecular flexibility index (Phi) is 6.12. The van der Waals surface area contributed by atoms with Gasteiger partial charge in [-0.2, -0.15) is 0 Å². The van der Waals surface area contributed by atoms with Gasteiger partial charge >= 0.3 is 0 Å². The van der Waals surface area contributed by atoms with E-state index in [4.69, 9.17) is 4.74 Å². The quantitative estimate of drug-likeness (QED) is 0.723. The average molecular weight is 269 g/mol. The largest absolute Gasteiger partial charge is 0.385 e. The van der Waals surface area contributed by atoms with Crippen LogP contribution in [0, 0.1) is 0 Å². The van der Waals surface area contributed by atoms with Crippen molar-refractivity contribution in [3.05, 3.63) is 65.7 Å². The summed E-state index contributed by atoms with van der Waals surface area (Å²) in [6, 6.07) is 18.8. The molecule has 0 bridgehead atoms. The van der Waals surface area contributed by atoms with Gasteiger partial charge in [-0.15, -0.1) is 0 Å². The van der Waals surface area contributed by atoms with Crippen LogP contribution in [0.4, 0.5) is 5.69 Å². The van der Waals surface area contributed by atoms with Crippen molar-refractivity contribution in [1.29, 1.82) is 0 Å². The number of hydrogen-bond acceptors (Lipinski definition) is 2. The van der Waals surface area contributed by atoms with Crippen molar-refractivity contribution in [3.8, 4) is 0 Å². The summed E-state index contributed by atoms with van der Waals surface area (Å²) in [5.41, 5.74) is 3.85. The van der Waals surface area contributed by atoms with Crippen LogP contribution in [0.5, 0.6) is 0 Å². The highest BCUT2D eigenvalue weighted by atomic mass is 16.5. The maximum absolute atomic E-state index is 5.67. The fourth-order valence-corrected chi connectivity index (χ4v) is 2.16. The van der Waals surface area contributed by atoms with Crippen molar-refractivity contribution in [2.45, 2.75) is 26.4 Å². The number of para-hydroxylation sites is 1. The van der Waals surface area contributed by atoms with Gasteiger partial charge in [-0.05, 0) is 30.0 Å². The highest BCUT2D eigenvalue weighted by Crippen LogP contribution is 2.15. The fourth-order valence-electron chi connectivity index (χ4n) is 2.16. The number of anilines is 1. The zero-order chi connectivity index (χ0) is 14.0. The lowest BCUT2D eigenvalue weighted by atomic mass is 10.1. The standard InChI is InChI=1S/C18H23NO/c1-2-17-11-6-7-12-18(17)19-13-8-14-20-15-16-9-4-3-5-10-16/h3-7,9-12,19H,2,8,13-15H2,1H3. The van der Waals surface area contributed by atoms with E-state index in [0.717, 1.165) is 26.0 Å². The molecular weight excluding hydrogens is 246 g/mol. The minimum absolute atomic E-state index is 0.701. The van der Waals surface area contributed by atoms with Crippen molar-refractivity contribution >= 4 is 5.69 Å². The Morgan fingerprint density at radius 1 is 0.950 bits per heavy atom. The molecule has 0 aliphatic heterocycles. The first kappa shape index (κ1) is 14.6.